The van der Waals surface area contributed by atoms with E-state index in [1.54, 1.807) is 19.2 Å². The van der Waals surface area contributed by atoms with E-state index in [2.05, 4.69) is 17.4 Å². The van der Waals surface area contributed by atoms with Crippen molar-refractivity contribution >= 4 is 11.8 Å². The standard InChI is InChI=1S/C18H20N2O2/c1-20(18(21)22-17-5-3-2-4-6-17)16-9-7-14(8-10-16)15-11-12-19-13-15/h2-10,15,19H,11-13H2,1H3/t15-/m1/s1. The van der Waals surface area contributed by atoms with E-state index in [4.69, 9.17) is 4.74 Å². The molecule has 0 radical (unpaired) electrons. The molecule has 1 N–H and O–H groups in total. The zero-order valence-electron chi connectivity index (χ0n) is 12.7. The summed E-state index contributed by atoms with van der Waals surface area (Å²) in [6, 6.07) is 17.2. The third-order valence-corrected chi connectivity index (χ3v) is 4.03. The zero-order chi connectivity index (χ0) is 15.4. The van der Waals surface area contributed by atoms with Gasteiger partial charge in [-0.25, -0.2) is 4.79 Å². The number of ether oxygens (including phenoxy) is 1. The number of para-hydroxylation sites is 1. The number of nitrogens with zero attached hydrogens (tertiary/aromatic N) is 1. The van der Waals surface area contributed by atoms with Crippen molar-refractivity contribution in [2.75, 3.05) is 25.0 Å². The number of hydrogen-bond donors (Lipinski definition) is 1. The fourth-order valence-electron chi connectivity index (χ4n) is 2.67. The van der Waals surface area contributed by atoms with Gasteiger partial charge in [-0.05, 0) is 48.7 Å². The molecule has 4 heteroatoms. The van der Waals surface area contributed by atoms with Crippen LogP contribution in [-0.4, -0.2) is 26.2 Å². The topological polar surface area (TPSA) is 41.6 Å². The van der Waals surface area contributed by atoms with Gasteiger partial charge in [-0.2, -0.15) is 0 Å². The Kier molecular flexibility index (Phi) is 4.39. The molecule has 1 atom stereocenters. The smallest absolute Gasteiger partial charge is 0.410 e. The van der Waals surface area contributed by atoms with Crippen LogP contribution in [-0.2, 0) is 0 Å². The Morgan fingerprint density at radius 3 is 2.50 bits per heavy atom. The molecule has 2 aromatic carbocycles. The van der Waals surface area contributed by atoms with Gasteiger partial charge >= 0.3 is 6.09 Å². The quantitative estimate of drug-likeness (QED) is 0.944. The Morgan fingerprint density at radius 2 is 1.86 bits per heavy atom. The van der Waals surface area contributed by atoms with Crippen LogP contribution < -0.4 is 15.0 Å². The molecule has 2 aromatic rings. The van der Waals surface area contributed by atoms with E-state index >= 15 is 0 Å². The van der Waals surface area contributed by atoms with Crippen LogP contribution in [0.4, 0.5) is 10.5 Å². The van der Waals surface area contributed by atoms with Crippen LogP contribution in [0.15, 0.2) is 54.6 Å². The predicted octanol–water partition coefficient (Wildman–Crippen LogP) is 3.40. The van der Waals surface area contributed by atoms with E-state index in [1.165, 1.54) is 16.9 Å². The first-order chi connectivity index (χ1) is 10.7. The Labute approximate surface area is 130 Å². The lowest BCUT2D eigenvalue weighted by molar-refractivity contribution is 0.209. The second-order valence-corrected chi connectivity index (χ2v) is 5.52. The van der Waals surface area contributed by atoms with Gasteiger partial charge in [0.15, 0.2) is 0 Å². The number of rotatable bonds is 3. The largest absolute Gasteiger partial charge is 0.419 e. The minimum absolute atomic E-state index is 0.388. The maximum atomic E-state index is 12.1. The maximum absolute atomic E-state index is 12.1. The van der Waals surface area contributed by atoms with E-state index in [-0.39, 0.29) is 6.09 Å². The SMILES string of the molecule is CN(C(=O)Oc1ccccc1)c1ccc([C@@H]2CCNC2)cc1. The number of carbonyl (C=O) groups excluding carboxylic acids is 1. The van der Waals surface area contributed by atoms with Crippen LogP contribution in [0.1, 0.15) is 17.9 Å². The lowest BCUT2D eigenvalue weighted by Gasteiger charge is -2.18. The zero-order valence-corrected chi connectivity index (χ0v) is 12.7. The molecule has 1 fully saturated rings. The summed E-state index contributed by atoms with van der Waals surface area (Å²) in [6.07, 6.45) is 0.784. The third kappa shape index (κ3) is 3.28. The first kappa shape index (κ1) is 14.6. The summed E-state index contributed by atoms with van der Waals surface area (Å²) in [5.74, 6) is 1.13. The van der Waals surface area contributed by atoms with Gasteiger partial charge in [0.2, 0.25) is 0 Å². The summed E-state index contributed by atoms with van der Waals surface area (Å²) >= 11 is 0. The molecule has 114 valence electrons. The van der Waals surface area contributed by atoms with Gasteiger partial charge in [0.25, 0.3) is 0 Å². The van der Waals surface area contributed by atoms with E-state index in [9.17, 15) is 4.79 Å². The highest BCUT2D eigenvalue weighted by Gasteiger charge is 2.18. The molecule has 1 aliphatic rings. The Hall–Kier alpha value is -2.33. The van der Waals surface area contributed by atoms with Gasteiger partial charge in [0.05, 0.1) is 0 Å². The Bertz CT molecular complexity index is 619. The Balaban J connectivity index is 1.66. The molecule has 0 saturated carbocycles. The average Bonchev–Trinajstić information content (AvgIpc) is 3.10. The lowest BCUT2D eigenvalue weighted by Crippen LogP contribution is -2.29. The highest BCUT2D eigenvalue weighted by molar-refractivity contribution is 5.88. The molecular formula is C18H20N2O2. The average molecular weight is 296 g/mol. The first-order valence-corrected chi connectivity index (χ1v) is 7.55. The molecule has 1 saturated heterocycles. The first-order valence-electron chi connectivity index (χ1n) is 7.55. The van der Waals surface area contributed by atoms with Crippen LogP contribution >= 0.6 is 0 Å². The van der Waals surface area contributed by atoms with Gasteiger partial charge in [-0.1, -0.05) is 30.3 Å². The summed E-state index contributed by atoms with van der Waals surface area (Å²) in [7, 11) is 1.72. The van der Waals surface area contributed by atoms with E-state index in [0.717, 1.165) is 18.8 Å². The summed E-state index contributed by atoms with van der Waals surface area (Å²) in [5.41, 5.74) is 2.15. The molecule has 0 spiro atoms. The maximum Gasteiger partial charge on any atom is 0.419 e. The monoisotopic (exact) mass is 296 g/mol. The van der Waals surface area contributed by atoms with Crippen molar-refractivity contribution in [3.05, 3.63) is 60.2 Å². The molecule has 3 rings (SSSR count). The molecule has 1 heterocycles. The number of carbonyl (C=O) groups is 1. The third-order valence-electron chi connectivity index (χ3n) is 4.03. The molecule has 1 amide bonds. The van der Waals surface area contributed by atoms with Gasteiger partial charge in [0.1, 0.15) is 5.75 Å². The Morgan fingerprint density at radius 1 is 1.14 bits per heavy atom. The van der Waals surface area contributed by atoms with Crippen molar-refractivity contribution in [1.29, 1.82) is 0 Å². The normalized spacial score (nSPS) is 17.2. The van der Waals surface area contributed by atoms with Crippen LogP contribution in [0.3, 0.4) is 0 Å². The molecule has 1 aliphatic heterocycles. The molecule has 4 nitrogen and oxygen atoms in total. The van der Waals surface area contributed by atoms with Crippen molar-refractivity contribution in [2.45, 2.75) is 12.3 Å². The van der Waals surface area contributed by atoms with Crippen molar-refractivity contribution in [3.63, 3.8) is 0 Å². The molecule has 0 unspecified atom stereocenters. The summed E-state index contributed by atoms with van der Waals surface area (Å²) in [5, 5.41) is 3.37. The van der Waals surface area contributed by atoms with Gasteiger partial charge in [-0.15, -0.1) is 0 Å². The highest BCUT2D eigenvalue weighted by atomic mass is 16.6. The number of hydrogen-bond acceptors (Lipinski definition) is 3. The fourth-order valence-corrected chi connectivity index (χ4v) is 2.67. The number of anilines is 1. The van der Waals surface area contributed by atoms with E-state index in [0.29, 0.717) is 11.7 Å². The van der Waals surface area contributed by atoms with Crippen LogP contribution in [0, 0.1) is 0 Å². The molecular weight excluding hydrogens is 276 g/mol. The minimum Gasteiger partial charge on any atom is -0.410 e. The number of nitrogens with one attached hydrogen (secondary N) is 1. The molecule has 0 bridgehead atoms. The predicted molar refractivity (Wildman–Crippen MR) is 87.5 cm³/mol. The van der Waals surface area contributed by atoms with Crippen LogP contribution in [0.5, 0.6) is 5.75 Å². The lowest BCUT2D eigenvalue weighted by atomic mass is 9.98. The number of amides is 1. The highest BCUT2D eigenvalue weighted by Crippen LogP contribution is 2.25. The fraction of sp³-hybridized carbons (Fsp3) is 0.278. The molecule has 0 aliphatic carbocycles. The van der Waals surface area contributed by atoms with Gasteiger partial charge < -0.3 is 10.1 Å². The van der Waals surface area contributed by atoms with E-state index in [1.807, 2.05) is 30.3 Å². The summed E-state index contributed by atoms with van der Waals surface area (Å²) in [6.45, 7) is 2.11. The second kappa shape index (κ2) is 6.62. The summed E-state index contributed by atoms with van der Waals surface area (Å²) in [4.78, 5) is 13.7. The molecule has 0 aromatic heterocycles. The minimum atomic E-state index is -0.388. The van der Waals surface area contributed by atoms with Crippen LogP contribution in [0.25, 0.3) is 0 Å². The van der Waals surface area contributed by atoms with Gasteiger partial charge in [0, 0.05) is 19.3 Å². The molecule has 22 heavy (non-hydrogen) atoms. The second-order valence-electron chi connectivity index (χ2n) is 5.52. The number of benzene rings is 2. The van der Waals surface area contributed by atoms with E-state index < -0.39 is 0 Å². The van der Waals surface area contributed by atoms with Crippen molar-refractivity contribution in [1.82, 2.24) is 5.32 Å². The van der Waals surface area contributed by atoms with Crippen molar-refractivity contribution in [3.8, 4) is 5.75 Å². The van der Waals surface area contributed by atoms with Crippen LogP contribution in [0.2, 0.25) is 0 Å². The summed E-state index contributed by atoms with van der Waals surface area (Å²) < 4.78 is 5.34. The van der Waals surface area contributed by atoms with Crippen molar-refractivity contribution < 1.29 is 9.53 Å². The van der Waals surface area contributed by atoms with Crippen molar-refractivity contribution in [2.24, 2.45) is 0 Å². The van der Waals surface area contributed by atoms with Gasteiger partial charge in [-0.3, -0.25) is 4.90 Å².